The minimum Gasteiger partial charge on any atom is -0.375 e. The third kappa shape index (κ3) is 3.96. The summed E-state index contributed by atoms with van der Waals surface area (Å²) in [7, 11) is 1.95. The SMILES string of the molecule is CC1CN(C(=O)CCSc2nnc(-c3ccccc3)n2C)CCO1. The molecule has 2 heterocycles. The molecule has 6 nitrogen and oxygen atoms in total. The van der Waals surface area contributed by atoms with E-state index in [2.05, 4.69) is 10.2 Å². The van der Waals surface area contributed by atoms with Crippen LogP contribution in [0.4, 0.5) is 0 Å². The highest BCUT2D eigenvalue weighted by atomic mass is 32.2. The van der Waals surface area contributed by atoms with E-state index in [1.54, 1.807) is 11.8 Å². The third-order valence-electron chi connectivity index (χ3n) is 4.01. The monoisotopic (exact) mass is 346 g/mol. The number of morpholine rings is 1. The molecule has 1 unspecified atom stereocenters. The van der Waals surface area contributed by atoms with E-state index in [0.29, 0.717) is 31.9 Å². The van der Waals surface area contributed by atoms with Crippen molar-refractivity contribution in [3.63, 3.8) is 0 Å². The molecule has 7 heteroatoms. The summed E-state index contributed by atoms with van der Waals surface area (Å²) in [4.78, 5) is 14.1. The lowest BCUT2D eigenvalue weighted by molar-refractivity contribution is -0.137. The van der Waals surface area contributed by atoms with E-state index in [1.807, 2.05) is 53.8 Å². The summed E-state index contributed by atoms with van der Waals surface area (Å²) in [6.45, 7) is 4.00. The number of thioether (sulfide) groups is 1. The Kier molecular flexibility index (Phi) is 5.52. The van der Waals surface area contributed by atoms with Gasteiger partial charge in [-0.3, -0.25) is 4.79 Å². The van der Waals surface area contributed by atoms with Gasteiger partial charge < -0.3 is 14.2 Å². The van der Waals surface area contributed by atoms with Gasteiger partial charge in [-0.2, -0.15) is 0 Å². The summed E-state index contributed by atoms with van der Waals surface area (Å²) in [6, 6.07) is 9.98. The van der Waals surface area contributed by atoms with E-state index in [-0.39, 0.29) is 12.0 Å². The maximum absolute atomic E-state index is 12.3. The second-order valence-electron chi connectivity index (χ2n) is 5.85. The van der Waals surface area contributed by atoms with Gasteiger partial charge in [0.05, 0.1) is 12.7 Å². The van der Waals surface area contributed by atoms with Crippen molar-refractivity contribution in [2.24, 2.45) is 7.05 Å². The molecule has 24 heavy (non-hydrogen) atoms. The van der Waals surface area contributed by atoms with Gasteiger partial charge in [0.1, 0.15) is 0 Å². The van der Waals surface area contributed by atoms with Crippen LogP contribution in [0.1, 0.15) is 13.3 Å². The number of carbonyl (C=O) groups is 1. The van der Waals surface area contributed by atoms with E-state index in [9.17, 15) is 4.79 Å². The molecule has 0 N–H and O–H groups in total. The smallest absolute Gasteiger partial charge is 0.223 e. The number of nitrogens with zero attached hydrogens (tertiary/aromatic N) is 4. The number of ether oxygens (including phenoxy) is 1. The summed E-state index contributed by atoms with van der Waals surface area (Å²) in [5.74, 6) is 1.72. The second kappa shape index (κ2) is 7.81. The highest BCUT2D eigenvalue weighted by Crippen LogP contribution is 2.23. The number of hydrogen-bond acceptors (Lipinski definition) is 5. The number of amides is 1. The maximum atomic E-state index is 12.3. The third-order valence-corrected chi connectivity index (χ3v) is 5.03. The van der Waals surface area contributed by atoms with E-state index in [4.69, 9.17) is 4.74 Å². The molecule has 1 aliphatic heterocycles. The first-order valence-corrected chi connectivity index (χ1v) is 9.10. The van der Waals surface area contributed by atoms with E-state index < -0.39 is 0 Å². The Labute approximate surface area is 146 Å². The van der Waals surface area contributed by atoms with E-state index in [1.165, 1.54) is 0 Å². The van der Waals surface area contributed by atoms with E-state index in [0.717, 1.165) is 16.5 Å². The molecule has 1 aromatic heterocycles. The summed E-state index contributed by atoms with van der Waals surface area (Å²) >= 11 is 1.57. The first-order chi connectivity index (χ1) is 11.6. The molecule has 1 aliphatic rings. The Morgan fingerprint density at radius 3 is 2.88 bits per heavy atom. The molecule has 0 spiro atoms. The van der Waals surface area contributed by atoms with Crippen LogP contribution in [0, 0.1) is 0 Å². The van der Waals surface area contributed by atoms with Gasteiger partial charge >= 0.3 is 0 Å². The molecule has 1 aromatic carbocycles. The topological polar surface area (TPSA) is 60.2 Å². The lowest BCUT2D eigenvalue weighted by Crippen LogP contribution is -2.44. The first kappa shape index (κ1) is 17.0. The van der Waals surface area contributed by atoms with Crippen LogP contribution in [0.15, 0.2) is 35.5 Å². The summed E-state index contributed by atoms with van der Waals surface area (Å²) in [5.41, 5.74) is 1.04. The highest BCUT2D eigenvalue weighted by Gasteiger charge is 2.21. The maximum Gasteiger partial charge on any atom is 0.223 e. The average Bonchev–Trinajstić information content (AvgIpc) is 2.96. The van der Waals surface area contributed by atoms with Gasteiger partial charge in [0.15, 0.2) is 11.0 Å². The van der Waals surface area contributed by atoms with Crippen LogP contribution < -0.4 is 0 Å². The lowest BCUT2D eigenvalue weighted by Gasteiger charge is -2.31. The van der Waals surface area contributed by atoms with Gasteiger partial charge in [0.25, 0.3) is 0 Å². The zero-order valence-corrected chi connectivity index (χ0v) is 14.8. The number of rotatable bonds is 5. The molecule has 1 atom stereocenters. The van der Waals surface area contributed by atoms with Crippen LogP contribution in [-0.4, -0.2) is 57.1 Å². The largest absolute Gasteiger partial charge is 0.375 e. The molecule has 0 radical (unpaired) electrons. The molecular weight excluding hydrogens is 324 g/mol. The van der Waals surface area contributed by atoms with Gasteiger partial charge in [-0.25, -0.2) is 0 Å². The molecule has 1 fully saturated rings. The minimum absolute atomic E-state index is 0.127. The van der Waals surface area contributed by atoms with Crippen molar-refractivity contribution in [1.82, 2.24) is 19.7 Å². The van der Waals surface area contributed by atoms with Gasteiger partial charge in [-0.1, -0.05) is 42.1 Å². The molecule has 1 saturated heterocycles. The van der Waals surface area contributed by atoms with Gasteiger partial charge in [0.2, 0.25) is 5.91 Å². The van der Waals surface area contributed by atoms with Crippen LogP contribution in [0.25, 0.3) is 11.4 Å². The Bertz CT molecular complexity index is 689. The van der Waals surface area contributed by atoms with Crippen LogP contribution in [0.2, 0.25) is 0 Å². The van der Waals surface area contributed by atoms with Crippen molar-refractivity contribution in [2.45, 2.75) is 24.6 Å². The predicted octanol–water partition coefficient (Wildman–Crippen LogP) is 2.21. The van der Waals surface area contributed by atoms with Crippen LogP contribution in [-0.2, 0) is 16.6 Å². The van der Waals surface area contributed by atoms with Gasteiger partial charge in [0, 0.05) is 37.9 Å². The standard InChI is InChI=1S/C17H22N4O2S/c1-13-12-21(9-10-23-13)15(22)8-11-24-17-19-18-16(20(17)2)14-6-4-3-5-7-14/h3-7,13H,8-12H2,1-2H3. The van der Waals surface area contributed by atoms with Gasteiger partial charge in [-0.15, -0.1) is 10.2 Å². The second-order valence-corrected chi connectivity index (χ2v) is 6.91. The molecule has 0 bridgehead atoms. The molecule has 0 saturated carbocycles. The molecule has 1 amide bonds. The minimum atomic E-state index is 0.127. The molecule has 2 aromatic rings. The Morgan fingerprint density at radius 1 is 1.33 bits per heavy atom. The number of carbonyl (C=O) groups excluding carboxylic acids is 1. The quantitative estimate of drug-likeness (QED) is 0.777. The zero-order valence-electron chi connectivity index (χ0n) is 14.0. The van der Waals surface area contributed by atoms with Crippen molar-refractivity contribution in [1.29, 1.82) is 0 Å². The lowest BCUT2D eigenvalue weighted by atomic mass is 10.2. The van der Waals surface area contributed by atoms with E-state index >= 15 is 0 Å². The van der Waals surface area contributed by atoms with Crippen molar-refractivity contribution in [3.05, 3.63) is 30.3 Å². The summed E-state index contributed by atoms with van der Waals surface area (Å²) in [5, 5.41) is 9.34. The molecular formula is C17H22N4O2S. The Balaban J connectivity index is 1.54. The number of aromatic nitrogens is 3. The Hall–Kier alpha value is -1.86. The average molecular weight is 346 g/mol. The fourth-order valence-electron chi connectivity index (χ4n) is 2.71. The summed E-state index contributed by atoms with van der Waals surface area (Å²) < 4.78 is 7.45. The van der Waals surface area contributed by atoms with Crippen LogP contribution in [0.5, 0.6) is 0 Å². The fraction of sp³-hybridized carbons (Fsp3) is 0.471. The molecule has 3 rings (SSSR count). The summed E-state index contributed by atoms with van der Waals surface area (Å²) in [6.07, 6.45) is 0.632. The number of benzene rings is 1. The van der Waals surface area contributed by atoms with Crippen molar-refractivity contribution < 1.29 is 9.53 Å². The van der Waals surface area contributed by atoms with Crippen molar-refractivity contribution in [2.75, 3.05) is 25.4 Å². The first-order valence-electron chi connectivity index (χ1n) is 8.12. The fourth-order valence-corrected chi connectivity index (χ4v) is 3.55. The van der Waals surface area contributed by atoms with Crippen LogP contribution in [0.3, 0.4) is 0 Å². The normalized spacial score (nSPS) is 17.9. The van der Waals surface area contributed by atoms with Crippen LogP contribution >= 0.6 is 11.8 Å². The van der Waals surface area contributed by atoms with Gasteiger partial charge in [-0.05, 0) is 6.92 Å². The van der Waals surface area contributed by atoms with Crippen molar-refractivity contribution in [3.8, 4) is 11.4 Å². The highest BCUT2D eigenvalue weighted by molar-refractivity contribution is 7.99. The van der Waals surface area contributed by atoms with Crippen molar-refractivity contribution >= 4 is 17.7 Å². The molecule has 0 aliphatic carbocycles. The predicted molar refractivity (Wildman–Crippen MR) is 93.8 cm³/mol. The number of hydrogen-bond donors (Lipinski definition) is 0. The zero-order chi connectivity index (χ0) is 16.9. The molecule has 128 valence electrons. The Morgan fingerprint density at radius 2 is 2.12 bits per heavy atom.